The number of carbonyl (C=O) groups is 2. The Bertz CT molecular complexity index is 1010. The Morgan fingerprint density at radius 3 is 2.41 bits per heavy atom. The standard InChI is InChI=1S/C24H27N3O2/c1-15-12-17(3)19(13-16(15)2)22-21-20(26(4)24(29)25-22)14-27(23(21)28)11-10-18-8-6-5-7-9-18/h5-9,12-13,22H,10-11,14H2,1-4H3,(H,25,29)/t22-/m1/s1. The summed E-state index contributed by atoms with van der Waals surface area (Å²) in [5.74, 6) is 0.0189. The average molecular weight is 389 g/mol. The van der Waals surface area contributed by atoms with Gasteiger partial charge in [-0.25, -0.2) is 4.79 Å². The zero-order valence-corrected chi connectivity index (χ0v) is 17.5. The van der Waals surface area contributed by atoms with Crippen LogP contribution in [0.25, 0.3) is 0 Å². The predicted molar refractivity (Wildman–Crippen MR) is 113 cm³/mol. The van der Waals surface area contributed by atoms with E-state index >= 15 is 0 Å². The number of likely N-dealkylation sites (N-methyl/N-ethyl adjacent to an activating group) is 1. The van der Waals surface area contributed by atoms with Gasteiger partial charge in [-0.2, -0.15) is 0 Å². The molecule has 2 aromatic carbocycles. The van der Waals surface area contributed by atoms with E-state index in [9.17, 15) is 9.59 Å². The lowest BCUT2D eigenvalue weighted by Gasteiger charge is -2.32. The maximum Gasteiger partial charge on any atom is 0.322 e. The summed E-state index contributed by atoms with van der Waals surface area (Å²) >= 11 is 0. The molecule has 1 N–H and O–H groups in total. The molecule has 2 heterocycles. The fourth-order valence-corrected chi connectivity index (χ4v) is 4.24. The van der Waals surface area contributed by atoms with Gasteiger partial charge in [0.25, 0.3) is 5.91 Å². The molecule has 3 amide bonds. The lowest BCUT2D eigenvalue weighted by atomic mass is 9.90. The Balaban J connectivity index is 1.65. The maximum absolute atomic E-state index is 13.4. The Hall–Kier alpha value is -3.08. The van der Waals surface area contributed by atoms with Gasteiger partial charge < -0.3 is 10.2 Å². The Morgan fingerprint density at radius 1 is 1.00 bits per heavy atom. The zero-order chi connectivity index (χ0) is 20.7. The van der Waals surface area contributed by atoms with Crippen molar-refractivity contribution in [2.75, 3.05) is 20.1 Å². The van der Waals surface area contributed by atoms with Crippen molar-refractivity contribution >= 4 is 11.9 Å². The number of hydrogen-bond donors (Lipinski definition) is 1. The van der Waals surface area contributed by atoms with Crippen LogP contribution in [0.2, 0.25) is 0 Å². The molecule has 2 aliphatic rings. The summed E-state index contributed by atoms with van der Waals surface area (Å²) in [6.45, 7) is 7.30. The molecule has 0 spiro atoms. The van der Waals surface area contributed by atoms with Gasteiger partial charge in [0.15, 0.2) is 0 Å². The summed E-state index contributed by atoms with van der Waals surface area (Å²) in [7, 11) is 1.74. The zero-order valence-electron chi connectivity index (χ0n) is 17.5. The van der Waals surface area contributed by atoms with Crippen molar-refractivity contribution in [2.24, 2.45) is 0 Å². The van der Waals surface area contributed by atoms with E-state index in [1.54, 1.807) is 11.9 Å². The highest BCUT2D eigenvalue weighted by molar-refractivity contribution is 6.01. The molecule has 0 radical (unpaired) electrons. The second-order valence-electron chi connectivity index (χ2n) is 8.06. The van der Waals surface area contributed by atoms with E-state index in [0.29, 0.717) is 18.7 Å². The number of urea groups is 1. The van der Waals surface area contributed by atoms with E-state index in [1.807, 2.05) is 30.0 Å². The molecule has 5 heteroatoms. The van der Waals surface area contributed by atoms with Gasteiger partial charge in [0.2, 0.25) is 0 Å². The van der Waals surface area contributed by atoms with Gasteiger partial charge in [-0.3, -0.25) is 9.69 Å². The number of nitrogens with zero attached hydrogens (tertiary/aromatic N) is 2. The molecular formula is C24H27N3O2. The molecule has 0 bridgehead atoms. The second-order valence-corrected chi connectivity index (χ2v) is 8.06. The van der Waals surface area contributed by atoms with Gasteiger partial charge >= 0.3 is 6.03 Å². The van der Waals surface area contributed by atoms with Crippen molar-refractivity contribution in [1.29, 1.82) is 0 Å². The van der Waals surface area contributed by atoms with Gasteiger partial charge in [0, 0.05) is 13.6 Å². The van der Waals surface area contributed by atoms with Crippen molar-refractivity contribution in [3.63, 3.8) is 0 Å². The molecule has 0 aliphatic carbocycles. The van der Waals surface area contributed by atoms with Crippen molar-refractivity contribution in [1.82, 2.24) is 15.1 Å². The van der Waals surface area contributed by atoms with E-state index in [-0.39, 0.29) is 11.9 Å². The molecule has 2 aromatic rings. The number of rotatable bonds is 4. The first-order valence-electron chi connectivity index (χ1n) is 10.0. The number of carbonyl (C=O) groups excluding carboxylic acids is 2. The van der Waals surface area contributed by atoms with Crippen LogP contribution in [0.15, 0.2) is 53.7 Å². The van der Waals surface area contributed by atoms with Gasteiger partial charge in [-0.15, -0.1) is 0 Å². The SMILES string of the molecule is Cc1cc(C)c([C@H]2NC(=O)N(C)C3=C2C(=O)N(CCc2ccccc2)C3)cc1C. The maximum atomic E-state index is 13.4. The van der Waals surface area contributed by atoms with Gasteiger partial charge in [0.05, 0.1) is 23.9 Å². The number of aryl methyl sites for hydroxylation is 3. The summed E-state index contributed by atoms with van der Waals surface area (Å²) in [6.07, 6.45) is 0.797. The van der Waals surface area contributed by atoms with Crippen LogP contribution in [0.1, 0.15) is 33.9 Å². The summed E-state index contributed by atoms with van der Waals surface area (Å²) in [5.41, 5.74) is 7.18. The number of hydrogen-bond acceptors (Lipinski definition) is 2. The first kappa shape index (κ1) is 19.2. The third-order valence-electron chi connectivity index (χ3n) is 6.14. The fraction of sp³-hybridized carbons (Fsp3) is 0.333. The molecule has 4 rings (SSSR count). The molecular weight excluding hydrogens is 362 g/mol. The average Bonchev–Trinajstić information content (AvgIpc) is 3.04. The van der Waals surface area contributed by atoms with E-state index < -0.39 is 6.04 Å². The Morgan fingerprint density at radius 2 is 1.69 bits per heavy atom. The van der Waals surface area contributed by atoms with Crippen LogP contribution in [0.3, 0.4) is 0 Å². The van der Waals surface area contributed by atoms with Crippen molar-refractivity contribution in [3.8, 4) is 0 Å². The largest absolute Gasteiger partial charge is 0.333 e. The number of benzene rings is 2. The lowest BCUT2D eigenvalue weighted by Crippen LogP contribution is -2.45. The quantitative estimate of drug-likeness (QED) is 0.868. The van der Waals surface area contributed by atoms with Crippen molar-refractivity contribution in [2.45, 2.75) is 33.2 Å². The van der Waals surface area contributed by atoms with E-state index in [4.69, 9.17) is 0 Å². The first-order valence-corrected chi connectivity index (χ1v) is 10.0. The Kier molecular flexibility index (Phi) is 4.91. The summed E-state index contributed by atoms with van der Waals surface area (Å²) in [4.78, 5) is 29.4. The normalized spacial score (nSPS) is 19.0. The van der Waals surface area contributed by atoms with Crippen LogP contribution in [0, 0.1) is 20.8 Å². The summed E-state index contributed by atoms with van der Waals surface area (Å²) in [5, 5.41) is 3.05. The molecule has 0 saturated carbocycles. The van der Waals surface area contributed by atoms with Crippen LogP contribution in [-0.2, 0) is 11.2 Å². The van der Waals surface area contributed by atoms with Crippen LogP contribution in [-0.4, -0.2) is 41.9 Å². The van der Waals surface area contributed by atoms with Gasteiger partial charge in [-0.1, -0.05) is 42.5 Å². The highest BCUT2D eigenvalue weighted by Crippen LogP contribution is 2.37. The van der Waals surface area contributed by atoms with Crippen LogP contribution < -0.4 is 5.32 Å². The third-order valence-corrected chi connectivity index (χ3v) is 6.14. The van der Waals surface area contributed by atoms with Gasteiger partial charge in [-0.05, 0) is 55.0 Å². The Labute approximate surface area is 172 Å². The molecule has 29 heavy (non-hydrogen) atoms. The molecule has 1 atom stereocenters. The van der Waals surface area contributed by atoms with E-state index in [0.717, 1.165) is 28.8 Å². The highest BCUT2D eigenvalue weighted by Gasteiger charge is 2.43. The van der Waals surface area contributed by atoms with Crippen LogP contribution in [0.5, 0.6) is 0 Å². The first-order chi connectivity index (χ1) is 13.9. The third kappa shape index (κ3) is 3.41. The molecule has 2 aliphatic heterocycles. The van der Waals surface area contributed by atoms with Crippen LogP contribution >= 0.6 is 0 Å². The second kappa shape index (κ2) is 7.39. The summed E-state index contributed by atoms with van der Waals surface area (Å²) in [6, 6.07) is 13.8. The van der Waals surface area contributed by atoms with Crippen LogP contribution in [0.4, 0.5) is 4.79 Å². The highest BCUT2D eigenvalue weighted by atomic mass is 16.2. The van der Waals surface area contributed by atoms with Gasteiger partial charge in [0.1, 0.15) is 0 Å². The molecule has 5 nitrogen and oxygen atoms in total. The number of nitrogens with one attached hydrogen (secondary N) is 1. The molecule has 0 aromatic heterocycles. The predicted octanol–water partition coefficient (Wildman–Crippen LogP) is 3.65. The summed E-state index contributed by atoms with van der Waals surface area (Å²) < 4.78 is 0. The molecule has 150 valence electrons. The molecule has 0 unspecified atom stereocenters. The van der Waals surface area contributed by atoms with E-state index in [1.165, 1.54) is 11.1 Å². The van der Waals surface area contributed by atoms with Crippen molar-refractivity contribution < 1.29 is 9.59 Å². The minimum absolute atomic E-state index is 0.0189. The van der Waals surface area contributed by atoms with Crippen molar-refractivity contribution in [3.05, 3.63) is 81.6 Å². The minimum Gasteiger partial charge on any atom is -0.333 e. The molecule has 0 saturated heterocycles. The number of amides is 3. The fourth-order valence-electron chi connectivity index (χ4n) is 4.24. The smallest absolute Gasteiger partial charge is 0.322 e. The minimum atomic E-state index is -0.401. The van der Waals surface area contributed by atoms with E-state index in [2.05, 4.69) is 43.4 Å². The topological polar surface area (TPSA) is 52.7 Å². The molecule has 0 fully saturated rings. The monoisotopic (exact) mass is 389 g/mol. The lowest BCUT2D eigenvalue weighted by molar-refractivity contribution is -0.125.